The number of nitrogens with zero attached hydrogens (tertiary/aromatic N) is 1. The Morgan fingerprint density at radius 1 is 1.30 bits per heavy atom. The van der Waals surface area contributed by atoms with E-state index in [2.05, 4.69) is 0 Å². The van der Waals surface area contributed by atoms with E-state index in [0.29, 0.717) is 19.0 Å². The summed E-state index contributed by atoms with van der Waals surface area (Å²) in [5.74, 6) is 0.474. The third-order valence-corrected chi connectivity index (χ3v) is 2.98. The van der Waals surface area contributed by atoms with E-state index in [-0.39, 0.29) is 24.0 Å². The molecule has 0 amide bonds. The van der Waals surface area contributed by atoms with Gasteiger partial charge in [0, 0.05) is 25.7 Å². The number of carbonyl (C=O) groups excluding carboxylic acids is 1. The lowest BCUT2D eigenvalue weighted by Gasteiger charge is -2.34. The maximum Gasteiger partial charge on any atom is 0.269 e. The van der Waals surface area contributed by atoms with Crippen molar-refractivity contribution in [1.29, 1.82) is 0 Å². The fourth-order valence-corrected chi connectivity index (χ4v) is 1.85. The third-order valence-electron chi connectivity index (χ3n) is 2.98. The Morgan fingerprint density at radius 3 is 2.55 bits per heavy atom. The summed E-state index contributed by atoms with van der Waals surface area (Å²) in [5.41, 5.74) is -0.00469. The number of benzene rings is 1. The summed E-state index contributed by atoms with van der Waals surface area (Å²) < 4.78 is 15.8. The van der Waals surface area contributed by atoms with Crippen LogP contribution in [0.15, 0.2) is 24.3 Å². The average Bonchev–Trinajstić information content (AvgIpc) is 2.43. The van der Waals surface area contributed by atoms with Gasteiger partial charge in [-0.1, -0.05) is 0 Å². The van der Waals surface area contributed by atoms with Crippen LogP contribution in [0, 0.1) is 10.1 Å². The molecule has 1 fully saturated rings. The van der Waals surface area contributed by atoms with E-state index in [4.69, 9.17) is 14.2 Å². The summed E-state index contributed by atoms with van der Waals surface area (Å²) >= 11 is 0. The largest absolute Gasteiger partial charge is 0.487 e. The van der Waals surface area contributed by atoms with Crippen LogP contribution >= 0.6 is 0 Å². The van der Waals surface area contributed by atoms with Gasteiger partial charge in [0.1, 0.15) is 11.9 Å². The van der Waals surface area contributed by atoms with Gasteiger partial charge < -0.3 is 14.2 Å². The van der Waals surface area contributed by atoms with Crippen LogP contribution in [0.5, 0.6) is 5.75 Å². The number of rotatable bonds is 7. The summed E-state index contributed by atoms with van der Waals surface area (Å²) in [6.07, 6.45) is -0.643. The van der Waals surface area contributed by atoms with E-state index in [0.717, 1.165) is 0 Å². The molecule has 108 valence electrons. The van der Waals surface area contributed by atoms with Crippen molar-refractivity contribution in [3.05, 3.63) is 34.4 Å². The number of non-ortho nitro benzene ring substituents is 1. The Balaban J connectivity index is 1.89. The number of methoxy groups -OCH3 is 1. The number of carbonyl (C=O) groups is 1. The quantitative estimate of drug-likeness (QED) is 0.426. The first kappa shape index (κ1) is 14.4. The minimum Gasteiger partial charge on any atom is -0.487 e. The van der Waals surface area contributed by atoms with Gasteiger partial charge in [-0.25, -0.2) is 0 Å². The number of nitro groups is 1. The highest BCUT2D eigenvalue weighted by Crippen LogP contribution is 2.26. The summed E-state index contributed by atoms with van der Waals surface area (Å²) in [7, 11) is 1.55. The number of hydrogen-bond acceptors (Lipinski definition) is 6. The third kappa shape index (κ3) is 3.31. The monoisotopic (exact) mass is 281 g/mol. The van der Waals surface area contributed by atoms with Gasteiger partial charge in [-0.15, -0.1) is 0 Å². The van der Waals surface area contributed by atoms with Crippen LogP contribution in [0.1, 0.15) is 6.42 Å². The molecular weight excluding hydrogens is 266 g/mol. The zero-order valence-corrected chi connectivity index (χ0v) is 11.0. The van der Waals surface area contributed by atoms with Gasteiger partial charge >= 0.3 is 0 Å². The van der Waals surface area contributed by atoms with Crippen LogP contribution in [0.25, 0.3) is 0 Å². The topological polar surface area (TPSA) is 87.9 Å². The Kier molecular flexibility index (Phi) is 4.65. The van der Waals surface area contributed by atoms with Crippen LogP contribution < -0.4 is 4.74 Å². The van der Waals surface area contributed by atoms with E-state index in [1.54, 1.807) is 7.11 Å². The van der Waals surface area contributed by atoms with Crippen molar-refractivity contribution in [2.45, 2.75) is 18.6 Å². The minimum atomic E-state index is -0.583. The molecule has 7 heteroatoms. The molecule has 0 N–H and O–H groups in total. The van der Waals surface area contributed by atoms with Crippen molar-refractivity contribution in [3.63, 3.8) is 0 Å². The molecule has 0 heterocycles. The van der Waals surface area contributed by atoms with Crippen LogP contribution in [0.4, 0.5) is 5.69 Å². The summed E-state index contributed by atoms with van der Waals surface area (Å²) in [6, 6.07) is 5.73. The van der Waals surface area contributed by atoms with E-state index in [1.807, 2.05) is 0 Å². The molecule has 2 atom stereocenters. The molecule has 1 saturated carbocycles. The van der Waals surface area contributed by atoms with E-state index in [9.17, 15) is 14.9 Å². The van der Waals surface area contributed by atoms with E-state index >= 15 is 0 Å². The summed E-state index contributed by atoms with van der Waals surface area (Å²) in [6.45, 7) is 0.737. The van der Waals surface area contributed by atoms with Gasteiger partial charge in [0.15, 0.2) is 11.9 Å². The predicted molar refractivity (Wildman–Crippen MR) is 68.8 cm³/mol. The molecule has 0 bridgehead atoms. The zero-order chi connectivity index (χ0) is 14.5. The molecule has 0 spiro atoms. The molecular formula is C13H15NO6. The first-order valence-corrected chi connectivity index (χ1v) is 6.16. The van der Waals surface area contributed by atoms with Gasteiger partial charge in [-0.2, -0.15) is 0 Å². The second-order valence-corrected chi connectivity index (χ2v) is 4.36. The van der Waals surface area contributed by atoms with Crippen molar-refractivity contribution in [2.75, 3.05) is 20.3 Å². The highest BCUT2D eigenvalue weighted by atomic mass is 16.6. The van der Waals surface area contributed by atoms with Gasteiger partial charge in [0.05, 0.1) is 18.1 Å². The molecule has 1 aliphatic rings. The number of ketones is 1. The maximum atomic E-state index is 11.4. The maximum absolute atomic E-state index is 11.4. The van der Waals surface area contributed by atoms with E-state index in [1.165, 1.54) is 24.3 Å². The van der Waals surface area contributed by atoms with Gasteiger partial charge in [-0.3, -0.25) is 14.9 Å². The van der Waals surface area contributed by atoms with Gasteiger partial charge in [-0.05, 0) is 12.1 Å². The summed E-state index contributed by atoms with van der Waals surface area (Å²) in [5, 5.41) is 10.5. The van der Waals surface area contributed by atoms with Crippen molar-refractivity contribution < 1.29 is 23.9 Å². The summed E-state index contributed by atoms with van der Waals surface area (Å²) in [4.78, 5) is 21.5. The Hall–Kier alpha value is -1.99. The van der Waals surface area contributed by atoms with Gasteiger partial charge in [0.2, 0.25) is 0 Å². The second kappa shape index (κ2) is 6.44. The zero-order valence-electron chi connectivity index (χ0n) is 11.0. The van der Waals surface area contributed by atoms with Crippen LogP contribution in [0.2, 0.25) is 0 Å². The minimum absolute atomic E-state index is 0.00469. The Morgan fingerprint density at radius 2 is 2.00 bits per heavy atom. The Labute approximate surface area is 115 Å². The van der Waals surface area contributed by atoms with Crippen molar-refractivity contribution >= 4 is 11.5 Å². The van der Waals surface area contributed by atoms with Crippen molar-refractivity contribution in [1.82, 2.24) is 0 Å². The second-order valence-electron chi connectivity index (χ2n) is 4.36. The molecule has 1 aromatic rings. The number of hydrogen-bond donors (Lipinski definition) is 0. The lowest BCUT2D eigenvalue weighted by molar-refractivity contribution is -0.384. The van der Waals surface area contributed by atoms with E-state index < -0.39 is 11.0 Å². The van der Waals surface area contributed by atoms with Gasteiger partial charge in [0.25, 0.3) is 5.69 Å². The molecule has 2 unspecified atom stereocenters. The molecule has 0 radical (unpaired) electrons. The van der Waals surface area contributed by atoms with Crippen molar-refractivity contribution in [2.24, 2.45) is 0 Å². The fourth-order valence-electron chi connectivity index (χ4n) is 1.85. The highest BCUT2D eigenvalue weighted by Gasteiger charge is 2.42. The van der Waals surface area contributed by atoms with Crippen LogP contribution in [0.3, 0.4) is 0 Å². The fraction of sp³-hybridized carbons (Fsp3) is 0.462. The molecule has 2 rings (SSSR count). The number of Topliss-reactive ketones (excluding diaryl/α,β-unsaturated/α-hetero) is 1. The predicted octanol–water partition coefficient (Wildman–Crippen LogP) is 1.35. The molecule has 20 heavy (non-hydrogen) atoms. The number of ether oxygens (including phenoxy) is 3. The lowest BCUT2D eigenvalue weighted by atomic mass is 9.90. The smallest absolute Gasteiger partial charge is 0.269 e. The number of nitro benzene ring substituents is 1. The molecule has 0 saturated heterocycles. The first-order valence-electron chi connectivity index (χ1n) is 6.16. The molecule has 1 aromatic carbocycles. The first-order chi connectivity index (χ1) is 9.61. The Bertz CT molecular complexity index is 486. The normalized spacial score (nSPS) is 21.4. The highest BCUT2D eigenvalue weighted by molar-refractivity contribution is 5.90. The molecule has 0 aliphatic heterocycles. The standard InChI is InChI=1S/C13H15NO6/c1-18-6-7-19-13-11(15)8-12(13)20-10-4-2-9(3-5-10)14(16)17/h2-5,12-13H,6-8H2,1H3. The van der Waals surface area contributed by atoms with Crippen molar-refractivity contribution in [3.8, 4) is 5.75 Å². The van der Waals surface area contributed by atoms with Crippen LogP contribution in [-0.4, -0.2) is 43.2 Å². The average molecular weight is 281 g/mol. The molecule has 7 nitrogen and oxygen atoms in total. The van der Waals surface area contributed by atoms with Crippen LogP contribution in [-0.2, 0) is 14.3 Å². The lowest BCUT2D eigenvalue weighted by Crippen LogP contribution is -2.52. The SMILES string of the molecule is COCCOC1C(=O)CC1Oc1ccc([N+](=O)[O-])cc1. The molecule has 0 aromatic heterocycles. The molecule has 1 aliphatic carbocycles.